The van der Waals surface area contributed by atoms with Gasteiger partial charge in [-0.1, -0.05) is 129 Å². The highest BCUT2D eigenvalue weighted by atomic mass is 32.2. The standard InChI is InChI=1S/C30H54O4S/c1-4-5-6-7-8-9-10-11-12-13-14-15-16-17-18-19-20-21-22-23-24-34-30-27(2)25-29(26-28(30)3)35(31,32)33/h25-26H,4-24H2,1-3H3,(H,31,32,33). The van der Waals surface area contributed by atoms with E-state index in [4.69, 9.17) is 4.74 Å². The molecule has 1 aromatic rings. The first kappa shape index (κ1) is 32.0. The summed E-state index contributed by atoms with van der Waals surface area (Å²) in [5.74, 6) is 0.732. The van der Waals surface area contributed by atoms with Crippen molar-refractivity contribution in [3.05, 3.63) is 23.3 Å². The number of hydrogen-bond donors (Lipinski definition) is 1. The predicted molar refractivity (Wildman–Crippen MR) is 149 cm³/mol. The van der Waals surface area contributed by atoms with Crippen LogP contribution in [0.25, 0.3) is 0 Å². The van der Waals surface area contributed by atoms with Gasteiger partial charge in [0.15, 0.2) is 0 Å². The lowest BCUT2D eigenvalue weighted by Crippen LogP contribution is -2.04. The molecule has 0 saturated heterocycles. The van der Waals surface area contributed by atoms with Crippen molar-refractivity contribution in [3.63, 3.8) is 0 Å². The summed E-state index contributed by atoms with van der Waals surface area (Å²) in [5, 5.41) is 0. The number of hydrogen-bond acceptors (Lipinski definition) is 3. The largest absolute Gasteiger partial charge is 0.493 e. The van der Waals surface area contributed by atoms with Crippen molar-refractivity contribution in [1.29, 1.82) is 0 Å². The van der Waals surface area contributed by atoms with Crippen molar-refractivity contribution < 1.29 is 17.7 Å². The van der Waals surface area contributed by atoms with Gasteiger partial charge in [-0.3, -0.25) is 4.55 Å². The molecule has 1 aromatic carbocycles. The number of rotatable bonds is 23. The van der Waals surface area contributed by atoms with Crippen LogP contribution >= 0.6 is 0 Å². The number of ether oxygens (including phenoxy) is 1. The SMILES string of the molecule is CCCCCCCCCCCCCCCCCCCCCCOc1c(C)cc(S(=O)(=O)O)cc1C. The smallest absolute Gasteiger partial charge is 0.294 e. The van der Waals surface area contributed by atoms with E-state index in [0.717, 1.165) is 23.3 Å². The summed E-state index contributed by atoms with van der Waals surface area (Å²) in [7, 11) is -4.18. The van der Waals surface area contributed by atoms with E-state index in [-0.39, 0.29) is 4.90 Å². The second-order valence-electron chi connectivity index (χ2n) is 10.4. The van der Waals surface area contributed by atoms with Gasteiger partial charge in [0.25, 0.3) is 10.1 Å². The molecule has 0 saturated carbocycles. The van der Waals surface area contributed by atoms with Gasteiger partial charge in [0.1, 0.15) is 5.75 Å². The Bertz CT molecular complexity index is 735. The molecule has 0 heterocycles. The van der Waals surface area contributed by atoms with Crippen LogP contribution in [0, 0.1) is 13.8 Å². The zero-order chi connectivity index (χ0) is 25.8. The second kappa shape index (κ2) is 20.0. The van der Waals surface area contributed by atoms with Crippen LogP contribution in [0.1, 0.15) is 146 Å². The van der Waals surface area contributed by atoms with Gasteiger partial charge in [-0.2, -0.15) is 8.42 Å². The van der Waals surface area contributed by atoms with Crippen molar-refractivity contribution in [3.8, 4) is 5.75 Å². The summed E-state index contributed by atoms with van der Waals surface area (Å²) in [6, 6.07) is 2.93. The zero-order valence-electron chi connectivity index (χ0n) is 23.1. The van der Waals surface area contributed by atoms with Gasteiger partial charge in [0.2, 0.25) is 0 Å². The number of unbranched alkanes of at least 4 members (excludes halogenated alkanes) is 19. The molecule has 0 aromatic heterocycles. The maximum atomic E-state index is 11.3. The van der Waals surface area contributed by atoms with E-state index in [9.17, 15) is 13.0 Å². The maximum Gasteiger partial charge on any atom is 0.294 e. The molecule has 0 amide bonds. The van der Waals surface area contributed by atoms with Gasteiger partial charge < -0.3 is 4.74 Å². The summed E-state index contributed by atoms with van der Waals surface area (Å²) >= 11 is 0. The Hall–Kier alpha value is -1.07. The Morgan fingerprint density at radius 1 is 0.600 bits per heavy atom. The lowest BCUT2D eigenvalue weighted by molar-refractivity contribution is 0.300. The molecule has 35 heavy (non-hydrogen) atoms. The van der Waals surface area contributed by atoms with E-state index in [0.29, 0.717) is 6.61 Å². The molecule has 0 spiro atoms. The van der Waals surface area contributed by atoms with Gasteiger partial charge in [-0.05, 0) is 43.5 Å². The first-order chi connectivity index (χ1) is 16.9. The van der Waals surface area contributed by atoms with Crippen LogP contribution in [0.15, 0.2) is 17.0 Å². The fraction of sp³-hybridized carbons (Fsp3) is 0.800. The Morgan fingerprint density at radius 3 is 1.23 bits per heavy atom. The third-order valence-corrected chi connectivity index (χ3v) is 7.81. The minimum atomic E-state index is -4.18. The fourth-order valence-corrected chi connectivity index (χ4v) is 5.47. The molecule has 204 valence electrons. The summed E-state index contributed by atoms with van der Waals surface area (Å²) < 4.78 is 37.7. The molecular formula is C30H54O4S. The molecule has 0 radical (unpaired) electrons. The van der Waals surface area contributed by atoms with E-state index in [1.165, 1.54) is 134 Å². The average molecular weight is 511 g/mol. The molecule has 0 unspecified atom stereocenters. The second-order valence-corrected chi connectivity index (χ2v) is 11.8. The summed E-state index contributed by atoms with van der Waals surface area (Å²) in [6.45, 7) is 6.56. The van der Waals surface area contributed by atoms with Gasteiger partial charge >= 0.3 is 0 Å². The molecule has 5 heteroatoms. The van der Waals surface area contributed by atoms with Crippen LogP contribution in [-0.4, -0.2) is 19.6 Å². The normalized spacial score (nSPS) is 11.8. The molecule has 0 aliphatic carbocycles. The monoisotopic (exact) mass is 510 g/mol. The first-order valence-corrected chi connectivity index (χ1v) is 16.0. The molecule has 1 rings (SSSR count). The average Bonchev–Trinajstić information content (AvgIpc) is 2.80. The quantitative estimate of drug-likeness (QED) is 0.117. The third kappa shape index (κ3) is 16.3. The van der Waals surface area contributed by atoms with E-state index >= 15 is 0 Å². The van der Waals surface area contributed by atoms with Crippen LogP contribution in [0.3, 0.4) is 0 Å². The molecule has 0 fully saturated rings. The molecular weight excluding hydrogens is 456 g/mol. The fourth-order valence-electron chi connectivity index (χ4n) is 4.82. The van der Waals surface area contributed by atoms with Crippen molar-refractivity contribution in [1.82, 2.24) is 0 Å². The predicted octanol–water partition coefficient (Wildman–Crippen LogP) is 9.75. The number of benzene rings is 1. The molecule has 1 N–H and O–H groups in total. The van der Waals surface area contributed by atoms with Crippen molar-refractivity contribution >= 4 is 10.1 Å². The Balaban J connectivity index is 1.88. The van der Waals surface area contributed by atoms with E-state index < -0.39 is 10.1 Å². The number of aryl methyl sites for hydroxylation is 2. The van der Waals surface area contributed by atoms with Gasteiger partial charge in [-0.25, -0.2) is 0 Å². The highest BCUT2D eigenvalue weighted by Gasteiger charge is 2.14. The van der Waals surface area contributed by atoms with Crippen molar-refractivity contribution in [2.75, 3.05) is 6.61 Å². The molecule has 4 nitrogen and oxygen atoms in total. The van der Waals surface area contributed by atoms with Gasteiger partial charge in [0, 0.05) is 0 Å². The van der Waals surface area contributed by atoms with Gasteiger partial charge in [-0.15, -0.1) is 0 Å². The van der Waals surface area contributed by atoms with Crippen molar-refractivity contribution in [2.24, 2.45) is 0 Å². The van der Waals surface area contributed by atoms with E-state index in [2.05, 4.69) is 6.92 Å². The van der Waals surface area contributed by atoms with E-state index in [1.807, 2.05) is 13.8 Å². The summed E-state index contributed by atoms with van der Waals surface area (Å²) in [5.41, 5.74) is 1.48. The Labute approximate surface area is 217 Å². The molecule has 0 aliphatic heterocycles. The highest BCUT2D eigenvalue weighted by Crippen LogP contribution is 2.27. The summed E-state index contributed by atoms with van der Waals surface area (Å²) in [4.78, 5) is -0.0707. The van der Waals surface area contributed by atoms with Gasteiger partial charge in [0.05, 0.1) is 11.5 Å². The third-order valence-electron chi connectivity index (χ3n) is 6.98. The lowest BCUT2D eigenvalue weighted by atomic mass is 10.0. The minimum Gasteiger partial charge on any atom is -0.493 e. The van der Waals surface area contributed by atoms with E-state index in [1.54, 1.807) is 0 Å². The van der Waals surface area contributed by atoms with Crippen LogP contribution in [0.4, 0.5) is 0 Å². The minimum absolute atomic E-state index is 0.0707. The van der Waals surface area contributed by atoms with Crippen molar-refractivity contribution in [2.45, 2.75) is 154 Å². The Morgan fingerprint density at radius 2 is 0.914 bits per heavy atom. The van der Waals surface area contributed by atoms with Crippen LogP contribution in [-0.2, 0) is 10.1 Å². The molecule has 0 atom stereocenters. The molecule has 0 aliphatic rings. The van der Waals surface area contributed by atoms with Crippen LogP contribution < -0.4 is 4.74 Å². The Kier molecular flexibility index (Phi) is 18.3. The van der Waals surface area contributed by atoms with Crippen LogP contribution in [0.5, 0.6) is 5.75 Å². The first-order valence-electron chi connectivity index (χ1n) is 14.6. The molecule has 0 bridgehead atoms. The van der Waals surface area contributed by atoms with Crippen LogP contribution in [0.2, 0.25) is 0 Å². The summed E-state index contributed by atoms with van der Waals surface area (Å²) in [6.07, 6.45) is 27.4. The topological polar surface area (TPSA) is 63.6 Å². The lowest BCUT2D eigenvalue weighted by Gasteiger charge is -2.13. The zero-order valence-corrected chi connectivity index (χ0v) is 23.9. The maximum absolute atomic E-state index is 11.3. The highest BCUT2D eigenvalue weighted by molar-refractivity contribution is 7.85.